The second-order valence-electron chi connectivity index (χ2n) is 9.65. The Morgan fingerprint density at radius 2 is 1.82 bits per heavy atom. The SMILES string of the molecule is CN1CCCC1c1cccnc1.CN1[C@@H]2CC[C@H]1C[C@@H](OC(=O)C(CO)c1ccccc1)C2. The van der Waals surface area contributed by atoms with Gasteiger partial charge in [0.15, 0.2) is 0 Å². The van der Waals surface area contributed by atoms with Crippen molar-refractivity contribution in [1.29, 1.82) is 0 Å². The van der Waals surface area contributed by atoms with Crippen molar-refractivity contribution in [2.24, 2.45) is 0 Å². The van der Waals surface area contributed by atoms with Gasteiger partial charge in [0.25, 0.3) is 0 Å². The molecule has 6 nitrogen and oxygen atoms in total. The highest BCUT2D eigenvalue weighted by Crippen LogP contribution is 2.36. The summed E-state index contributed by atoms with van der Waals surface area (Å²) in [4.78, 5) is 21.3. The minimum atomic E-state index is -0.566. The van der Waals surface area contributed by atoms with Gasteiger partial charge in [0.05, 0.1) is 6.61 Å². The van der Waals surface area contributed by atoms with Gasteiger partial charge in [-0.2, -0.15) is 0 Å². The topological polar surface area (TPSA) is 65.9 Å². The van der Waals surface area contributed by atoms with Crippen molar-refractivity contribution in [2.45, 2.75) is 68.7 Å². The first-order valence-electron chi connectivity index (χ1n) is 12.2. The third kappa shape index (κ3) is 5.81. The molecule has 3 aliphatic rings. The zero-order valence-corrected chi connectivity index (χ0v) is 19.8. The molecule has 0 saturated carbocycles. The summed E-state index contributed by atoms with van der Waals surface area (Å²) < 4.78 is 5.70. The summed E-state index contributed by atoms with van der Waals surface area (Å²) in [5.74, 6) is -0.860. The lowest BCUT2D eigenvalue weighted by Crippen LogP contribution is -2.43. The van der Waals surface area contributed by atoms with Crippen LogP contribution >= 0.6 is 0 Å². The van der Waals surface area contributed by atoms with Crippen LogP contribution in [0.5, 0.6) is 0 Å². The molecule has 2 unspecified atom stereocenters. The minimum Gasteiger partial charge on any atom is -0.462 e. The Morgan fingerprint density at radius 1 is 1.09 bits per heavy atom. The zero-order valence-electron chi connectivity index (χ0n) is 19.8. The Balaban J connectivity index is 0.000000183. The lowest BCUT2D eigenvalue weighted by molar-refractivity contribution is -0.155. The molecule has 3 aliphatic heterocycles. The Hall–Kier alpha value is -2.28. The summed E-state index contributed by atoms with van der Waals surface area (Å²) in [6.45, 7) is 1.02. The van der Waals surface area contributed by atoms with Gasteiger partial charge in [-0.25, -0.2) is 0 Å². The fraction of sp³-hybridized carbons (Fsp3) is 0.556. The number of nitrogens with zero attached hydrogens (tertiary/aromatic N) is 3. The number of esters is 1. The van der Waals surface area contributed by atoms with Crippen molar-refractivity contribution in [1.82, 2.24) is 14.8 Å². The number of likely N-dealkylation sites (tertiary alicyclic amines) is 1. The quantitative estimate of drug-likeness (QED) is 0.698. The van der Waals surface area contributed by atoms with E-state index in [1.54, 1.807) is 0 Å². The van der Waals surface area contributed by atoms with E-state index < -0.39 is 5.92 Å². The van der Waals surface area contributed by atoms with Gasteiger partial charge in [0, 0.05) is 30.5 Å². The largest absolute Gasteiger partial charge is 0.462 e. The van der Waals surface area contributed by atoms with Crippen LogP contribution in [0.1, 0.15) is 61.6 Å². The van der Waals surface area contributed by atoms with E-state index in [0.29, 0.717) is 18.1 Å². The zero-order chi connectivity index (χ0) is 23.2. The number of fused-ring (bicyclic) bond motifs is 2. The molecule has 0 aliphatic carbocycles. The third-order valence-electron chi connectivity index (χ3n) is 7.60. The monoisotopic (exact) mass is 451 g/mol. The van der Waals surface area contributed by atoms with Crippen LogP contribution in [0.25, 0.3) is 0 Å². The van der Waals surface area contributed by atoms with Crippen LogP contribution in [-0.2, 0) is 9.53 Å². The van der Waals surface area contributed by atoms with Gasteiger partial charge in [-0.1, -0.05) is 36.4 Å². The Bertz CT molecular complexity index is 865. The van der Waals surface area contributed by atoms with Crippen molar-refractivity contribution >= 4 is 5.97 Å². The number of ether oxygens (including phenoxy) is 1. The van der Waals surface area contributed by atoms with E-state index in [2.05, 4.69) is 34.9 Å². The first-order valence-corrected chi connectivity index (χ1v) is 12.2. The number of pyridine rings is 1. The predicted octanol–water partition coefficient (Wildman–Crippen LogP) is 3.78. The number of aliphatic hydroxyl groups excluding tert-OH is 1. The van der Waals surface area contributed by atoms with Crippen LogP contribution < -0.4 is 0 Å². The fourth-order valence-electron chi connectivity index (χ4n) is 5.61. The summed E-state index contributed by atoms with van der Waals surface area (Å²) >= 11 is 0. The van der Waals surface area contributed by atoms with E-state index in [-0.39, 0.29) is 18.7 Å². The number of carbonyl (C=O) groups excluding carboxylic acids is 1. The minimum absolute atomic E-state index is 0.00367. The number of benzene rings is 1. The van der Waals surface area contributed by atoms with E-state index in [4.69, 9.17) is 4.74 Å². The average molecular weight is 452 g/mol. The molecular weight excluding hydrogens is 414 g/mol. The summed E-state index contributed by atoms with van der Waals surface area (Å²) in [5, 5.41) is 9.53. The van der Waals surface area contributed by atoms with Gasteiger partial charge in [-0.3, -0.25) is 14.7 Å². The highest BCUT2D eigenvalue weighted by molar-refractivity contribution is 5.78. The maximum atomic E-state index is 12.4. The molecule has 3 saturated heterocycles. The van der Waals surface area contributed by atoms with E-state index in [1.807, 2.05) is 48.8 Å². The normalized spacial score (nSPS) is 28.1. The third-order valence-corrected chi connectivity index (χ3v) is 7.60. The van der Waals surface area contributed by atoms with Crippen LogP contribution in [0, 0.1) is 0 Å². The lowest BCUT2D eigenvalue weighted by Gasteiger charge is -2.36. The maximum Gasteiger partial charge on any atom is 0.316 e. The van der Waals surface area contributed by atoms with Crippen molar-refractivity contribution in [3.8, 4) is 0 Å². The number of carbonyl (C=O) groups is 1. The molecule has 5 rings (SSSR count). The van der Waals surface area contributed by atoms with Crippen molar-refractivity contribution in [3.05, 3.63) is 66.0 Å². The van der Waals surface area contributed by atoms with E-state index in [0.717, 1.165) is 18.4 Å². The van der Waals surface area contributed by atoms with E-state index in [9.17, 15) is 9.90 Å². The Labute approximate surface area is 197 Å². The molecule has 0 spiro atoms. The summed E-state index contributed by atoms with van der Waals surface area (Å²) in [7, 11) is 4.35. The number of aliphatic hydroxyl groups is 1. The molecule has 5 atom stereocenters. The average Bonchev–Trinajstić information content (AvgIpc) is 3.34. The molecule has 4 heterocycles. The number of rotatable bonds is 5. The van der Waals surface area contributed by atoms with Gasteiger partial charge in [-0.15, -0.1) is 0 Å². The summed E-state index contributed by atoms with van der Waals surface area (Å²) in [5.41, 5.74) is 2.18. The van der Waals surface area contributed by atoms with E-state index in [1.165, 1.54) is 37.8 Å². The van der Waals surface area contributed by atoms with Crippen LogP contribution in [0.2, 0.25) is 0 Å². The standard InChI is InChI=1S/C17H23NO3.C10H14N2/c1-18-13-7-8-14(18)10-15(9-13)21-17(20)16(11-19)12-5-3-2-4-6-12;1-12-7-3-5-10(12)9-4-2-6-11-8-9/h2-6,13-16,19H,7-11H2,1H3;2,4,6,8,10H,3,5,7H2,1H3/t13-,14+,15+,16?;. The molecule has 3 fully saturated rings. The van der Waals surface area contributed by atoms with Crippen molar-refractivity contribution in [2.75, 3.05) is 27.2 Å². The molecule has 0 amide bonds. The molecule has 0 radical (unpaired) electrons. The van der Waals surface area contributed by atoms with Crippen molar-refractivity contribution < 1.29 is 14.6 Å². The number of hydrogen-bond donors (Lipinski definition) is 1. The summed E-state index contributed by atoms with van der Waals surface area (Å²) in [6.07, 6.45) is 10.7. The van der Waals surface area contributed by atoms with Gasteiger partial charge >= 0.3 is 5.97 Å². The smallest absolute Gasteiger partial charge is 0.316 e. The van der Waals surface area contributed by atoms with Crippen LogP contribution in [0.3, 0.4) is 0 Å². The molecular formula is C27H37N3O3. The molecule has 2 bridgehead atoms. The molecule has 1 N–H and O–H groups in total. The van der Waals surface area contributed by atoms with Crippen LogP contribution in [0.15, 0.2) is 54.9 Å². The number of piperidine rings is 1. The van der Waals surface area contributed by atoms with Gasteiger partial charge < -0.3 is 14.7 Å². The maximum absolute atomic E-state index is 12.4. The van der Waals surface area contributed by atoms with Crippen LogP contribution in [-0.4, -0.2) is 71.3 Å². The first kappa shape index (κ1) is 23.9. The van der Waals surface area contributed by atoms with Crippen molar-refractivity contribution in [3.63, 3.8) is 0 Å². The second-order valence-corrected chi connectivity index (χ2v) is 9.65. The number of aromatic nitrogens is 1. The molecule has 1 aromatic carbocycles. The molecule has 2 aromatic rings. The molecule has 33 heavy (non-hydrogen) atoms. The Kier molecular flexibility index (Phi) is 8.12. The highest BCUT2D eigenvalue weighted by atomic mass is 16.5. The second kappa shape index (κ2) is 11.2. The Morgan fingerprint density at radius 3 is 2.39 bits per heavy atom. The van der Waals surface area contributed by atoms with Gasteiger partial charge in [0.1, 0.15) is 12.0 Å². The molecule has 178 valence electrons. The molecule has 1 aromatic heterocycles. The first-order chi connectivity index (χ1) is 16.1. The van der Waals surface area contributed by atoms with Gasteiger partial charge in [-0.05, 0) is 76.4 Å². The van der Waals surface area contributed by atoms with Crippen LogP contribution in [0.4, 0.5) is 0 Å². The predicted molar refractivity (Wildman–Crippen MR) is 129 cm³/mol. The summed E-state index contributed by atoms with van der Waals surface area (Å²) in [6, 6.07) is 15.3. The lowest BCUT2D eigenvalue weighted by atomic mass is 9.98. The highest BCUT2D eigenvalue weighted by Gasteiger charge is 2.40. The van der Waals surface area contributed by atoms with E-state index >= 15 is 0 Å². The van der Waals surface area contributed by atoms with Gasteiger partial charge in [0.2, 0.25) is 0 Å². The fourth-order valence-corrected chi connectivity index (χ4v) is 5.61. The number of hydrogen-bond acceptors (Lipinski definition) is 6. The molecule has 6 heteroatoms.